The Hall–Kier alpha value is -0.260. The number of nitrogens with two attached hydrogens (primary N) is 1. The van der Waals surface area contributed by atoms with E-state index in [1.165, 1.54) is 32.1 Å². The Bertz CT molecular complexity index is 482. The van der Waals surface area contributed by atoms with Gasteiger partial charge in [-0.25, -0.2) is 8.78 Å². The standard InChI is InChI=1S/C20H34F2N2O/c1-12(2)24-14-8-9-15(24)18(13-5-3-6-13)17(11-14)25-16-7-4-10-20(21,22)19(16)23/h12-19H,3-11,23H2,1-2H3/t14?,15-,16-,17-,18?,19+/m0/s1. The number of hydrogen-bond donors (Lipinski definition) is 1. The molecule has 2 aliphatic carbocycles. The van der Waals surface area contributed by atoms with Crippen molar-refractivity contribution in [3.8, 4) is 0 Å². The lowest BCUT2D eigenvalue weighted by Crippen LogP contribution is -2.60. The van der Waals surface area contributed by atoms with Crippen molar-refractivity contribution >= 4 is 0 Å². The van der Waals surface area contributed by atoms with Crippen LogP contribution in [0.1, 0.15) is 71.6 Å². The van der Waals surface area contributed by atoms with Gasteiger partial charge in [-0.15, -0.1) is 0 Å². The Balaban J connectivity index is 1.52. The van der Waals surface area contributed by atoms with E-state index >= 15 is 0 Å². The van der Waals surface area contributed by atoms with Gasteiger partial charge in [0.05, 0.1) is 18.2 Å². The fourth-order valence-corrected chi connectivity index (χ4v) is 6.16. The Kier molecular flexibility index (Phi) is 4.87. The Morgan fingerprint density at radius 1 is 1.04 bits per heavy atom. The average Bonchev–Trinajstić information content (AvgIpc) is 2.82. The molecule has 0 aromatic carbocycles. The monoisotopic (exact) mass is 356 g/mol. The minimum absolute atomic E-state index is 0.0862. The summed E-state index contributed by atoms with van der Waals surface area (Å²) in [7, 11) is 0. The highest BCUT2D eigenvalue weighted by atomic mass is 19.3. The van der Waals surface area contributed by atoms with Crippen molar-refractivity contribution in [1.29, 1.82) is 0 Å². The van der Waals surface area contributed by atoms with Crippen LogP contribution in [0.25, 0.3) is 0 Å². The van der Waals surface area contributed by atoms with E-state index in [-0.39, 0.29) is 12.5 Å². The van der Waals surface area contributed by atoms with Gasteiger partial charge in [-0.05, 0) is 51.9 Å². The molecule has 2 aliphatic heterocycles. The van der Waals surface area contributed by atoms with Crippen LogP contribution in [0, 0.1) is 11.8 Å². The molecule has 2 heterocycles. The molecule has 2 unspecified atom stereocenters. The first-order valence-corrected chi connectivity index (χ1v) is 10.4. The molecule has 4 fully saturated rings. The highest BCUT2D eigenvalue weighted by Crippen LogP contribution is 2.50. The summed E-state index contributed by atoms with van der Waals surface area (Å²) in [4.78, 5) is 2.71. The molecule has 0 aromatic rings. The summed E-state index contributed by atoms with van der Waals surface area (Å²) in [6.07, 6.45) is 8.15. The van der Waals surface area contributed by atoms with E-state index in [2.05, 4.69) is 18.7 Å². The van der Waals surface area contributed by atoms with E-state index in [0.29, 0.717) is 36.9 Å². The molecule has 0 radical (unpaired) electrons. The van der Waals surface area contributed by atoms with Crippen molar-refractivity contribution in [2.24, 2.45) is 17.6 Å². The van der Waals surface area contributed by atoms with E-state index in [9.17, 15) is 8.78 Å². The fraction of sp³-hybridized carbons (Fsp3) is 1.00. The van der Waals surface area contributed by atoms with Gasteiger partial charge >= 0.3 is 0 Å². The van der Waals surface area contributed by atoms with Crippen molar-refractivity contribution in [1.82, 2.24) is 4.90 Å². The molecule has 2 saturated heterocycles. The molecule has 0 spiro atoms. The van der Waals surface area contributed by atoms with Gasteiger partial charge in [0.2, 0.25) is 0 Å². The molecule has 4 rings (SSSR count). The second-order valence-corrected chi connectivity index (χ2v) is 9.24. The van der Waals surface area contributed by atoms with Crippen molar-refractivity contribution in [2.45, 2.75) is 114 Å². The lowest BCUT2D eigenvalue weighted by atomic mass is 9.68. The molecule has 2 N–H and O–H groups in total. The van der Waals surface area contributed by atoms with Crippen LogP contribution in [0.5, 0.6) is 0 Å². The zero-order valence-corrected chi connectivity index (χ0v) is 15.7. The van der Waals surface area contributed by atoms with Gasteiger partial charge in [0.25, 0.3) is 5.92 Å². The average molecular weight is 357 g/mol. The third-order valence-corrected chi connectivity index (χ3v) is 7.51. The summed E-state index contributed by atoms with van der Waals surface area (Å²) in [5, 5.41) is 0. The van der Waals surface area contributed by atoms with Crippen molar-refractivity contribution in [3.05, 3.63) is 0 Å². The summed E-state index contributed by atoms with van der Waals surface area (Å²) in [6, 6.07) is 0.562. The number of halogens is 2. The molecule has 144 valence electrons. The first-order chi connectivity index (χ1) is 11.9. The lowest BCUT2D eigenvalue weighted by molar-refractivity contribution is -0.171. The minimum atomic E-state index is -2.77. The summed E-state index contributed by atoms with van der Waals surface area (Å²) < 4.78 is 34.5. The maximum absolute atomic E-state index is 14.1. The third kappa shape index (κ3) is 3.14. The van der Waals surface area contributed by atoms with Gasteiger partial charge in [-0.1, -0.05) is 19.3 Å². The summed E-state index contributed by atoms with van der Waals surface area (Å²) in [5.41, 5.74) is 5.92. The van der Waals surface area contributed by atoms with Gasteiger partial charge in [-0.3, -0.25) is 4.90 Å². The van der Waals surface area contributed by atoms with Crippen LogP contribution in [0.4, 0.5) is 8.78 Å². The Morgan fingerprint density at radius 2 is 1.80 bits per heavy atom. The van der Waals surface area contributed by atoms with Crippen LogP contribution in [0.2, 0.25) is 0 Å². The fourth-order valence-electron chi connectivity index (χ4n) is 6.16. The van der Waals surface area contributed by atoms with E-state index in [0.717, 1.165) is 12.3 Å². The minimum Gasteiger partial charge on any atom is -0.373 e. The Labute approximate surface area is 150 Å². The first-order valence-electron chi connectivity index (χ1n) is 10.4. The van der Waals surface area contributed by atoms with Gasteiger partial charge in [0.15, 0.2) is 0 Å². The van der Waals surface area contributed by atoms with E-state index < -0.39 is 18.1 Å². The van der Waals surface area contributed by atoms with Crippen LogP contribution in [0.3, 0.4) is 0 Å². The molecule has 3 nitrogen and oxygen atoms in total. The first kappa shape index (κ1) is 18.1. The van der Waals surface area contributed by atoms with Crippen molar-refractivity contribution in [2.75, 3.05) is 0 Å². The predicted octanol–water partition coefficient (Wildman–Crippen LogP) is 3.95. The van der Waals surface area contributed by atoms with E-state index in [1.54, 1.807) is 0 Å². The Morgan fingerprint density at radius 3 is 2.44 bits per heavy atom. The largest absolute Gasteiger partial charge is 0.373 e. The summed E-state index contributed by atoms with van der Waals surface area (Å²) in [6.45, 7) is 4.59. The molecule has 2 saturated carbocycles. The normalized spacial score (nSPS) is 44.9. The van der Waals surface area contributed by atoms with Gasteiger partial charge in [0.1, 0.15) is 0 Å². The molecule has 0 amide bonds. The van der Waals surface area contributed by atoms with Crippen molar-refractivity contribution < 1.29 is 13.5 Å². The molecule has 6 atom stereocenters. The third-order valence-electron chi connectivity index (χ3n) is 7.51. The van der Waals surface area contributed by atoms with Gasteiger partial charge in [0, 0.05) is 30.5 Å². The zero-order chi connectivity index (χ0) is 17.8. The molecule has 2 bridgehead atoms. The van der Waals surface area contributed by atoms with Gasteiger partial charge in [-0.2, -0.15) is 0 Å². The number of hydrogen-bond acceptors (Lipinski definition) is 3. The molecule has 5 heteroatoms. The van der Waals surface area contributed by atoms with Crippen LogP contribution in [-0.4, -0.2) is 47.2 Å². The number of nitrogens with zero attached hydrogens (tertiary/aromatic N) is 1. The van der Waals surface area contributed by atoms with E-state index in [4.69, 9.17) is 10.5 Å². The zero-order valence-electron chi connectivity index (χ0n) is 15.7. The van der Waals surface area contributed by atoms with Crippen LogP contribution in [-0.2, 0) is 4.74 Å². The van der Waals surface area contributed by atoms with Gasteiger partial charge < -0.3 is 10.5 Å². The lowest BCUT2D eigenvalue weighted by Gasteiger charge is -2.52. The number of alkyl halides is 2. The van der Waals surface area contributed by atoms with Crippen LogP contribution >= 0.6 is 0 Å². The van der Waals surface area contributed by atoms with Crippen LogP contribution in [0.15, 0.2) is 0 Å². The summed E-state index contributed by atoms with van der Waals surface area (Å²) in [5.74, 6) is -1.54. The highest BCUT2D eigenvalue weighted by Gasteiger charge is 2.53. The summed E-state index contributed by atoms with van der Waals surface area (Å²) >= 11 is 0. The SMILES string of the molecule is CC(C)N1C2CC[C@H]1C(C1CCC1)[C@@H](O[C@H]1CCCC(F)(F)[C@@H]1N)C2. The topological polar surface area (TPSA) is 38.5 Å². The second-order valence-electron chi connectivity index (χ2n) is 9.24. The van der Waals surface area contributed by atoms with Crippen LogP contribution < -0.4 is 5.73 Å². The maximum Gasteiger partial charge on any atom is 0.265 e. The second kappa shape index (κ2) is 6.72. The number of fused-ring (bicyclic) bond motifs is 2. The molecule has 4 aliphatic rings. The molecular weight excluding hydrogens is 322 g/mol. The number of rotatable bonds is 4. The molecule has 25 heavy (non-hydrogen) atoms. The number of ether oxygens (including phenoxy) is 1. The molecular formula is C20H34F2N2O. The van der Waals surface area contributed by atoms with E-state index in [1.807, 2.05) is 0 Å². The molecule has 0 aromatic heterocycles. The maximum atomic E-state index is 14.1. The smallest absolute Gasteiger partial charge is 0.265 e. The number of piperidine rings is 1. The predicted molar refractivity (Wildman–Crippen MR) is 94.7 cm³/mol. The quantitative estimate of drug-likeness (QED) is 0.829. The van der Waals surface area contributed by atoms with Crippen molar-refractivity contribution in [3.63, 3.8) is 0 Å². The highest BCUT2D eigenvalue weighted by molar-refractivity contribution is 5.05.